The number of aromatic nitrogens is 3. The van der Waals surface area contributed by atoms with E-state index in [1.807, 2.05) is 72.8 Å². The minimum Gasteiger partial charge on any atom is -0.496 e. The normalized spacial score (nSPS) is 12.4. The molecule has 0 bridgehead atoms. The summed E-state index contributed by atoms with van der Waals surface area (Å²) in [4.78, 5) is 43.8. The molecule has 0 saturated carbocycles. The molecule has 1 aromatic heterocycles. The Hall–Kier alpha value is -6.47. The molecule has 1 aliphatic heterocycles. The van der Waals surface area contributed by atoms with Crippen LogP contribution < -0.4 is 9.64 Å². The fourth-order valence-corrected chi connectivity index (χ4v) is 6.11. The molecular weight excluding hydrogens is 584 g/mol. The van der Waals surface area contributed by atoms with Crippen molar-refractivity contribution in [3.63, 3.8) is 0 Å². The molecule has 1 aliphatic rings. The molecule has 0 unspecified atom stereocenters. The highest BCUT2D eigenvalue weighted by molar-refractivity contribution is 6.37. The lowest BCUT2D eigenvalue weighted by atomic mass is 9.90. The highest BCUT2D eigenvalue weighted by Crippen LogP contribution is 2.42. The van der Waals surface area contributed by atoms with Crippen molar-refractivity contribution in [3.8, 4) is 51.0 Å². The summed E-state index contributed by atoms with van der Waals surface area (Å²) < 4.78 is 5.83. The molecule has 2 amide bonds. The minimum absolute atomic E-state index is 0.397. The first-order valence-corrected chi connectivity index (χ1v) is 15.2. The van der Waals surface area contributed by atoms with E-state index < -0.39 is 11.8 Å². The zero-order chi connectivity index (χ0) is 31.9. The number of methoxy groups -OCH3 is 1. The SMILES string of the molecule is COc1ccc2c3c(ccc(-c4nc(-c5ccccc5)nc(-c5ccc(-c6ccccc6)cc5)n4)c13)C(=O)N(c1ccccc1)C2=O. The van der Waals surface area contributed by atoms with Crippen LogP contribution in [0.3, 0.4) is 0 Å². The second-order valence-corrected chi connectivity index (χ2v) is 11.1. The van der Waals surface area contributed by atoms with Crippen molar-refractivity contribution in [1.29, 1.82) is 0 Å². The van der Waals surface area contributed by atoms with Gasteiger partial charge in [0, 0.05) is 38.6 Å². The Labute approximate surface area is 270 Å². The number of para-hydroxylation sites is 1. The van der Waals surface area contributed by atoms with Crippen molar-refractivity contribution in [1.82, 2.24) is 15.0 Å². The largest absolute Gasteiger partial charge is 0.496 e. The maximum absolute atomic E-state index is 13.9. The zero-order valence-corrected chi connectivity index (χ0v) is 25.3. The van der Waals surface area contributed by atoms with E-state index in [1.54, 1.807) is 49.6 Å². The van der Waals surface area contributed by atoms with Crippen molar-refractivity contribution in [2.24, 2.45) is 0 Å². The molecule has 0 saturated heterocycles. The molecule has 7 aromatic rings. The Morgan fingerprint density at radius 1 is 0.447 bits per heavy atom. The van der Waals surface area contributed by atoms with Crippen LogP contribution in [-0.4, -0.2) is 33.9 Å². The van der Waals surface area contributed by atoms with Gasteiger partial charge in [-0.1, -0.05) is 103 Å². The summed E-state index contributed by atoms with van der Waals surface area (Å²) in [6, 6.07) is 44.0. The van der Waals surface area contributed by atoms with Gasteiger partial charge in [0.05, 0.1) is 12.8 Å². The molecule has 0 N–H and O–H groups in total. The third-order valence-electron chi connectivity index (χ3n) is 8.38. The van der Waals surface area contributed by atoms with Gasteiger partial charge in [-0.15, -0.1) is 0 Å². The van der Waals surface area contributed by atoms with Crippen LogP contribution in [0.4, 0.5) is 5.69 Å². The lowest BCUT2D eigenvalue weighted by Gasteiger charge is -2.28. The Bertz CT molecular complexity index is 2290. The number of amides is 2. The Balaban J connectivity index is 1.33. The van der Waals surface area contributed by atoms with Gasteiger partial charge in [0.1, 0.15) is 5.75 Å². The van der Waals surface area contributed by atoms with Crippen LogP contribution >= 0.6 is 0 Å². The average molecular weight is 611 g/mol. The lowest BCUT2D eigenvalue weighted by Crippen LogP contribution is -2.40. The Kier molecular flexibility index (Phi) is 6.84. The van der Waals surface area contributed by atoms with E-state index in [9.17, 15) is 9.59 Å². The fraction of sp³-hybridized carbons (Fsp3) is 0.0250. The summed E-state index contributed by atoms with van der Waals surface area (Å²) in [7, 11) is 1.57. The van der Waals surface area contributed by atoms with Crippen LogP contribution in [-0.2, 0) is 0 Å². The van der Waals surface area contributed by atoms with Gasteiger partial charge in [-0.05, 0) is 47.5 Å². The molecule has 0 atom stereocenters. The number of rotatable bonds is 6. The van der Waals surface area contributed by atoms with Crippen LogP contribution in [0.2, 0.25) is 0 Å². The van der Waals surface area contributed by atoms with Gasteiger partial charge in [0.2, 0.25) is 0 Å². The molecule has 6 aromatic carbocycles. The van der Waals surface area contributed by atoms with Gasteiger partial charge in [0.25, 0.3) is 11.8 Å². The number of benzene rings is 6. The van der Waals surface area contributed by atoms with Gasteiger partial charge in [-0.3, -0.25) is 9.59 Å². The molecule has 7 heteroatoms. The quantitative estimate of drug-likeness (QED) is 0.176. The van der Waals surface area contributed by atoms with Crippen molar-refractivity contribution in [2.75, 3.05) is 12.0 Å². The lowest BCUT2D eigenvalue weighted by molar-refractivity contribution is 0.0893. The van der Waals surface area contributed by atoms with Crippen LogP contribution in [0.15, 0.2) is 140 Å². The molecule has 47 heavy (non-hydrogen) atoms. The van der Waals surface area contributed by atoms with Crippen LogP contribution in [0.1, 0.15) is 20.7 Å². The van der Waals surface area contributed by atoms with E-state index >= 15 is 0 Å². The summed E-state index contributed by atoms with van der Waals surface area (Å²) in [6.07, 6.45) is 0. The molecule has 224 valence electrons. The number of anilines is 1. The van der Waals surface area contributed by atoms with Crippen molar-refractivity contribution in [3.05, 3.63) is 151 Å². The number of nitrogens with zero attached hydrogens (tertiary/aromatic N) is 4. The molecular formula is C40H26N4O3. The van der Waals surface area contributed by atoms with Crippen LogP contribution in [0.5, 0.6) is 5.75 Å². The number of ether oxygens (including phenoxy) is 1. The number of carbonyl (C=O) groups is 2. The van der Waals surface area contributed by atoms with Gasteiger partial charge in [-0.2, -0.15) is 0 Å². The number of hydrogen-bond acceptors (Lipinski definition) is 6. The van der Waals surface area contributed by atoms with E-state index in [0.717, 1.165) is 22.3 Å². The second kappa shape index (κ2) is 11.5. The highest BCUT2D eigenvalue weighted by atomic mass is 16.5. The van der Waals surface area contributed by atoms with Crippen LogP contribution in [0, 0.1) is 0 Å². The van der Waals surface area contributed by atoms with E-state index in [0.29, 0.717) is 56.4 Å². The first-order valence-electron chi connectivity index (χ1n) is 15.2. The molecule has 0 fully saturated rings. The van der Waals surface area contributed by atoms with Crippen molar-refractivity contribution in [2.45, 2.75) is 0 Å². The third-order valence-corrected chi connectivity index (χ3v) is 8.38. The van der Waals surface area contributed by atoms with E-state index in [2.05, 4.69) is 24.3 Å². The standard InChI is InChI=1S/C40H26N4O3/c1-47-33-24-23-32-34-31(39(45)44(40(32)46)29-15-9-4-10-16-29)22-21-30(35(33)34)38-42-36(27-13-7-3-8-14-27)41-37(43-38)28-19-17-26(18-20-28)25-11-5-2-6-12-25/h2-24H,1H3. The number of carbonyl (C=O) groups excluding carboxylic acids is 2. The monoisotopic (exact) mass is 610 g/mol. The Morgan fingerprint density at radius 2 is 0.894 bits per heavy atom. The summed E-state index contributed by atoms with van der Waals surface area (Å²) in [5, 5.41) is 1.10. The van der Waals surface area contributed by atoms with E-state index in [1.165, 1.54) is 4.90 Å². The molecule has 8 rings (SSSR count). The molecule has 7 nitrogen and oxygen atoms in total. The summed E-state index contributed by atoms with van der Waals surface area (Å²) in [5.74, 6) is 1.09. The topological polar surface area (TPSA) is 85.3 Å². The smallest absolute Gasteiger partial charge is 0.265 e. The van der Waals surface area contributed by atoms with E-state index in [4.69, 9.17) is 19.7 Å². The van der Waals surface area contributed by atoms with Crippen molar-refractivity contribution >= 4 is 28.3 Å². The number of hydrogen-bond donors (Lipinski definition) is 0. The minimum atomic E-state index is -0.404. The third kappa shape index (κ3) is 4.82. The van der Waals surface area contributed by atoms with Crippen LogP contribution in [0.25, 0.3) is 56.1 Å². The average Bonchev–Trinajstić information content (AvgIpc) is 3.14. The summed E-state index contributed by atoms with van der Waals surface area (Å²) >= 11 is 0. The van der Waals surface area contributed by atoms with Crippen molar-refractivity contribution < 1.29 is 14.3 Å². The predicted molar refractivity (Wildman–Crippen MR) is 183 cm³/mol. The number of imide groups is 1. The molecule has 2 heterocycles. The highest BCUT2D eigenvalue weighted by Gasteiger charge is 2.36. The Morgan fingerprint density at radius 3 is 1.49 bits per heavy atom. The summed E-state index contributed by atoms with van der Waals surface area (Å²) in [5.41, 5.74) is 5.78. The van der Waals surface area contributed by atoms with Gasteiger partial charge < -0.3 is 4.74 Å². The summed E-state index contributed by atoms with van der Waals surface area (Å²) in [6.45, 7) is 0. The van der Waals surface area contributed by atoms with E-state index in [-0.39, 0.29) is 0 Å². The maximum atomic E-state index is 13.9. The molecule has 0 radical (unpaired) electrons. The van der Waals surface area contributed by atoms with Gasteiger partial charge in [-0.25, -0.2) is 19.9 Å². The zero-order valence-electron chi connectivity index (χ0n) is 25.3. The fourth-order valence-electron chi connectivity index (χ4n) is 6.11. The predicted octanol–water partition coefficient (Wildman–Crippen LogP) is 8.50. The maximum Gasteiger partial charge on any atom is 0.265 e. The van der Waals surface area contributed by atoms with Gasteiger partial charge >= 0.3 is 0 Å². The van der Waals surface area contributed by atoms with Gasteiger partial charge in [0.15, 0.2) is 17.5 Å². The first-order chi connectivity index (χ1) is 23.1. The second-order valence-electron chi connectivity index (χ2n) is 11.1. The first kappa shape index (κ1) is 28.0. The molecule has 0 aliphatic carbocycles. The molecule has 0 spiro atoms.